The van der Waals surface area contributed by atoms with Crippen LogP contribution in [0.4, 0.5) is 11.6 Å². The Morgan fingerprint density at radius 3 is 2.72 bits per heavy atom. The van der Waals surface area contributed by atoms with E-state index in [4.69, 9.17) is 4.74 Å². The van der Waals surface area contributed by atoms with E-state index in [2.05, 4.69) is 15.5 Å². The molecule has 0 radical (unpaired) electrons. The lowest BCUT2D eigenvalue weighted by molar-refractivity contribution is -0.385. The third kappa shape index (κ3) is 4.46. The molecule has 9 nitrogen and oxygen atoms in total. The van der Waals surface area contributed by atoms with Crippen molar-refractivity contribution < 1.29 is 9.66 Å². The summed E-state index contributed by atoms with van der Waals surface area (Å²) in [5, 5.41) is 16.0. The predicted octanol–water partition coefficient (Wildman–Crippen LogP) is 3.18. The van der Waals surface area contributed by atoms with Gasteiger partial charge in [-0.2, -0.15) is 5.10 Å². The Bertz CT molecular complexity index is 1120. The minimum absolute atomic E-state index is 0.0421. The van der Waals surface area contributed by atoms with Crippen LogP contribution in [0, 0.1) is 10.1 Å². The summed E-state index contributed by atoms with van der Waals surface area (Å²) in [4.78, 5) is 28.2. The van der Waals surface area contributed by atoms with Crippen molar-refractivity contribution in [3.8, 4) is 0 Å². The molecule has 1 N–H and O–H groups in total. The van der Waals surface area contributed by atoms with Crippen LogP contribution in [0.25, 0.3) is 10.9 Å². The number of nitrogens with zero attached hydrogens (tertiary/aromatic N) is 4. The van der Waals surface area contributed by atoms with E-state index in [1.54, 1.807) is 56.5 Å². The Balaban J connectivity index is 2.00. The molecule has 0 atom stereocenters. The first kappa shape index (κ1) is 20.2. The van der Waals surface area contributed by atoms with E-state index >= 15 is 0 Å². The van der Waals surface area contributed by atoms with E-state index in [1.807, 2.05) is 0 Å². The maximum atomic E-state index is 12.9. The van der Waals surface area contributed by atoms with E-state index in [1.165, 1.54) is 10.6 Å². The SMILES string of the molecule is COCCCn1c(N/N=C(/C)c2ccccc2[N+](=O)[O-])nc2ccccc2c1=O. The largest absolute Gasteiger partial charge is 0.385 e. The highest BCUT2D eigenvalue weighted by atomic mass is 16.6. The van der Waals surface area contributed by atoms with Gasteiger partial charge in [0.25, 0.3) is 11.2 Å². The molecule has 0 saturated heterocycles. The van der Waals surface area contributed by atoms with Crippen molar-refractivity contribution >= 4 is 28.3 Å². The van der Waals surface area contributed by atoms with Crippen LogP contribution in [0.2, 0.25) is 0 Å². The van der Waals surface area contributed by atoms with Gasteiger partial charge in [-0.15, -0.1) is 0 Å². The number of nitro benzene ring substituents is 1. The number of benzene rings is 2. The highest BCUT2D eigenvalue weighted by Gasteiger charge is 2.15. The Labute approximate surface area is 166 Å². The quantitative estimate of drug-likeness (QED) is 0.271. The van der Waals surface area contributed by atoms with Crippen molar-refractivity contribution in [2.24, 2.45) is 5.10 Å². The van der Waals surface area contributed by atoms with Crippen LogP contribution in [-0.2, 0) is 11.3 Å². The van der Waals surface area contributed by atoms with E-state index in [-0.39, 0.29) is 17.2 Å². The van der Waals surface area contributed by atoms with E-state index in [0.29, 0.717) is 41.8 Å². The van der Waals surface area contributed by atoms with Gasteiger partial charge in [-0.25, -0.2) is 10.4 Å². The fourth-order valence-electron chi connectivity index (χ4n) is 2.96. The molecule has 0 bridgehead atoms. The lowest BCUT2D eigenvalue weighted by Gasteiger charge is -2.13. The number of methoxy groups -OCH3 is 1. The normalized spacial score (nSPS) is 11.6. The average molecular weight is 395 g/mol. The number of fused-ring (bicyclic) bond motifs is 1. The number of hydrazone groups is 1. The Hall–Kier alpha value is -3.59. The number of nitro groups is 1. The maximum absolute atomic E-state index is 12.9. The molecule has 0 fully saturated rings. The van der Waals surface area contributed by atoms with Crippen LogP contribution in [-0.4, -0.2) is 33.9 Å². The summed E-state index contributed by atoms with van der Waals surface area (Å²) in [6, 6.07) is 13.4. The van der Waals surface area contributed by atoms with Crippen molar-refractivity contribution in [3.05, 3.63) is 74.6 Å². The van der Waals surface area contributed by atoms with Gasteiger partial charge in [0.1, 0.15) is 0 Å². The molecule has 0 aliphatic carbocycles. The van der Waals surface area contributed by atoms with Gasteiger partial charge in [-0.05, 0) is 31.5 Å². The molecule has 9 heteroatoms. The average Bonchev–Trinajstić information content (AvgIpc) is 2.74. The minimum atomic E-state index is -0.455. The van der Waals surface area contributed by atoms with Crippen molar-refractivity contribution in [1.82, 2.24) is 9.55 Å². The zero-order valence-electron chi connectivity index (χ0n) is 16.2. The van der Waals surface area contributed by atoms with Crippen molar-refractivity contribution in [3.63, 3.8) is 0 Å². The number of hydrogen-bond donors (Lipinski definition) is 1. The monoisotopic (exact) mass is 395 g/mol. The van der Waals surface area contributed by atoms with Crippen molar-refractivity contribution in [2.75, 3.05) is 19.1 Å². The van der Waals surface area contributed by atoms with Gasteiger partial charge in [0, 0.05) is 26.3 Å². The van der Waals surface area contributed by atoms with Crippen LogP contribution in [0.1, 0.15) is 18.9 Å². The molecular weight excluding hydrogens is 374 g/mol. The predicted molar refractivity (Wildman–Crippen MR) is 111 cm³/mol. The molecule has 0 amide bonds. The Kier molecular flexibility index (Phi) is 6.30. The first-order valence-electron chi connectivity index (χ1n) is 9.05. The third-order valence-corrected chi connectivity index (χ3v) is 4.41. The molecule has 0 spiro atoms. The summed E-state index contributed by atoms with van der Waals surface area (Å²) in [5.41, 5.74) is 3.92. The van der Waals surface area contributed by atoms with Gasteiger partial charge < -0.3 is 4.74 Å². The van der Waals surface area contributed by atoms with E-state index in [0.717, 1.165) is 0 Å². The van der Waals surface area contributed by atoms with Gasteiger partial charge in [-0.3, -0.25) is 19.5 Å². The topological polar surface area (TPSA) is 112 Å². The first-order valence-corrected chi connectivity index (χ1v) is 9.05. The molecule has 1 aromatic heterocycles. The molecular formula is C20H21N5O4. The van der Waals surface area contributed by atoms with E-state index < -0.39 is 4.92 Å². The highest BCUT2D eigenvalue weighted by molar-refractivity contribution is 6.02. The second-order valence-corrected chi connectivity index (χ2v) is 6.34. The van der Waals surface area contributed by atoms with Crippen LogP contribution >= 0.6 is 0 Å². The zero-order chi connectivity index (χ0) is 20.8. The van der Waals surface area contributed by atoms with Crippen LogP contribution in [0.3, 0.4) is 0 Å². The lowest BCUT2D eigenvalue weighted by atomic mass is 10.1. The van der Waals surface area contributed by atoms with Crippen LogP contribution in [0.5, 0.6) is 0 Å². The molecule has 0 aliphatic heterocycles. The van der Waals surface area contributed by atoms with E-state index in [9.17, 15) is 14.9 Å². The van der Waals surface area contributed by atoms with Crippen molar-refractivity contribution in [2.45, 2.75) is 19.9 Å². The zero-order valence-corrected chi connectivity index (χ0v) is 16.2. The van der Waals surface area contributed by atoms with Gasteiger partial charge in [0.2, 0.25) is 5.95 Å². The van der Waals surface area contributed by atoms with Gasteiger partial charge in [-0.1, -0.05) is 24.3 Å². The molecule has 1 heterocycles. The summed E-state index contributed by atoms with van der Waals surface area (Å²) < 4.78 is 6.57. The molecule has 150 valence electrons. The molecule has 0 aliphatic rings. The Morgan fingerprint density at radius 2 is 1.97 bits per heavy atom. The summed E-state index contributed by atoms with van der Waals surface area (Å²) in [7, 11) is 1.60. The molecule has 2 aromatic carbocycles. The molecule has 0 unspecified atom stereocenters. The maximum Gasteiger partial charge on any atom is 0.278 e. The molecule has 3 aromatic rings. The molecule has 3 rings (SSSR count). The Morgan fingerprint density at radius 1 is 1.24 bits per heavy atom. The molecule has 29 heavy (non-hydrogen) atoms. The fourth-order valence-corrected chi connectivity index (χ4v) is 2.96. The number of anilines is 1. The summed E-state index contributed by atoms with van der Waals surface area (Å²) in [6.07, 6.45) is 0.623. The number of ether oxygens (including phenoxy) is 1. The third-order valence-electron chi connectivity index (χ3n) is 4.41. The summed E-state index contributed by atoms with van der Waals surface area (Å²) >= 11 is 0. The number of para-hydroxylation sites is 2. The summed E-state index contributed by atoms with van der Waals surface area (Å²) in [5.74, 6) is 0.266. The van der Waals surface area contributed by atoms with Gasteiger partial charge in [0.15, 0.2) is 0 Å². The summed E-state index contributed by atoms with van der Waals surface area (Å²) in [6.45, 7) is 2.55. The fraction of sp³-hybridized carbons (Fsp3) is 0.250. The second-order valence-electron chi connectivity index (χ2n) is 6.34. The number of nitrogens with one attached hydrogen (secondary N) is 1. The number of hydrogen-bond acceptors (Lipinski definition) is 7. The van der Waals surface area contributed by atoms with Gasteiger partial charge in [0.05, 0.1) is 27.1 Å². The second kappa shape index (κ2) is 9.07. The highest BCUT2D eigenvalue weighted by Crippen LogP contribution is 2.19. The number of rotatable bonds is 8. The first-order chi connectivity index (χ1) is 14.0. The van der Waals surface area contributed by atoms with Crippen LogP contribution in [0.15, 0.2) is 58.4 Å². The van der Waals surface area contributed by atoms with Crippen molar-refractivity contribution in [1.29, 1.82) is 0 Å². The number of aromatic nitrogens is 2. The minimum Gasteiger partial charge on any atom is -0.385 e. The molecule has 0 saturated carbocycles. The standard InChI is InChI=1S/C20H21N5O4/c1-14(15-8-4-6-11-18(15)25(27)28)22-23-20-21-17-10-5-3-9-16(17)19(26)24(20)12-7-13-29-2/h3-6,8-11H,7,12-13H2,1-2H3,(H,21,23)/b22-14-. The van der Waals surface area contributed by atoms with Crippen LogP contribution < -0.4 is 11.0 Å². The van der Waals surface area contributed by atoms with Gasteiger partial charge >= 0.3 is 0 Å². The lowest BCUT2D eigenvalue weighted by Crippen LogP contribution is -2.25. The smallest absolute Gasteiger partial charge is 0.278 e.